The maximum atomic E-state index is 12.6. The Hall–Kier alpha value is -2.58. The number of hydrogen-bond acceptors (Lipinski definition) is 5. The molecule has 1 atom stereocenters. The fourth-order valence-electron chi connectivity index (χ4n) is 3.64. The van der Waals surface area contributed by atoms with E-state index in [9.17, 15) is 13.2 Å². The minimum Gasteiger partial charge on any atom is -0.484 e. The van der Waals surface area contributed by atoms with E-state index in [-0.39, 0.29) is 23.5 Å². The number of hydrogen-bond donors (Lipinski definition) is 1. The number of rotatable bonds is 8. The van der Waals surface area contributed by atoms with Gasteiger partial charge in [-0.2, -0.15) is 0 Å². The molecule has 32 heavy (non-hydrogen) atoms. The second-order valence-electron chi connectivity index (χ2n) is 8.28. The fourth-order valence-corrected chi connectivity index (χ4v) is 4.97. The summed E-state index contributed by atoms with van der Waals surface area (Å²) < 4.78 is 32.9. The SMILES string of the molecule is CC[C@H](C)NS(=O)(=O)c1ccc(OCC(=O)N2CCN(c3cccc(C)c3C)CC2)cc1. The van der Waals surface area contributed by atoms with Crippen molar-refractivity contribution in [2.45, 2.75) is 45.1 Å². The van der Waals surface area contributed by atoms with Gasteiger partial charge >= 0.3 is 0 Å². The average molecular weight is 460 g/mol. The normalized spacial score (nSPS) is 15.5. The van der Waals surface area contributed by atoms with Crippen LogP contribution >= 0.6 is 0 Å². The molecule has 174 valence electrons. The van der Waals surface area contributed by atoms with Crippen molar-refractivity contribution < 1.29 is 17.9 Å². The van der Waals surface area contributed by atoms with Gasteiger partial charge in [-0.3, -0.25) is 4.79 Å². The molecule has 1 fully saturated rings. The first-order chi connectivity index (χ1) is 15.2. The number of nitrogens with one attached hydrogen (secondary N) is 1. The molecule has 0 radical (unpaired) electrons. The van der Waals surface area contributed by atoms with Crippen molar-refractivity contribution in [1.82, 2.24) is 9.62 Å². The maximum Gasteiger partial charge on any atom is 0.260 e. The van der Waals surface area contributed by atoms with Crippen LogP contribution in [0.25, 0.3) is 0 Å². The van der Waals surface area contributed by atoms with Crippen molar-refractivity contribution >= 4 is 21.6 Å². The van der Waals surface area contributed by atoms with Gasteiger partial charge in [-0.05, 0) is 68.7 Å². The molecule has 1 N–H and O–H groups in total. The van der Waals surface area contributed by atoms with Crippen LogP contribution in [0.2, 0.25) is 0 Å². The zero-order chi connectivity index (χ0) is 23.3. The molecule has 1 aliphatic rings. The van der Waals surface area contributed by atoms with Gasteiger partial charge in [-0.1, -0.05) is 19.1 Å². The first-order valence-corrected chi connectivity index (χ1v) is 12.5. The number of aryl methyl sites for hydroxylation is 1. The van der Waals surface area contributed by atoms with Gasteiger partial charge in [-0.25, -0.2) is 13.1 Å². The third-order valence-corrected chi connectivity index (χ3v) is 7.62. The predicted octanol–water partition coefficient (Wildman–Crippen LogP) is 3.11. The number of piperazine rings is 1. The van der Waals surface area contributed by atoms with Crippen LogP contribution in [-0.2, 0) is 14.8 Å². The van der Waals surface area contributed by atoms with Crippen molar-refractivity contribution in [3.8, 4) is 5.75 Å². The van der Waals surface area contributed by atoms with Crippen LogP contribution in [-0.4, -0.2) is 58.1 Å². The monoisotopic (exact) mass is 459 g/mol. The number of sulfonamides is 1. The van der Waals surface area contributed by atoms with Crippen molar-refractivity contribution in [2.75, 3.05) is 37.7 Å². The Morgan fingerprint density at radius 1 is 1.06 bits per heavy atom. The van der Waals surface area contributed by atoms with Gasteiger partial charge in [0.25, 0.3) is 5.91 Å². The topological polar surface area (TPSA) is 78.9 Å². The molecule has 1 aliphatic heterocycles. The zero-order valence-electron chi connectivity index (χ0n) is 19.3. The van der Waals surface area contributed by atoms with Gasteiger partial charge in [0, 0.05) is 37.9 Å². The molecule has 8 heteroatoms. The van der Waals surface area contributed by atoms with Crippen molar-refractivity contribution in [3.63, 3.8) is 0 Å². The number of benzene rings is 2. The van der Waals surface area contributed by atoms with Crippen molar-refractivity contribution in [1.29, 1.82) is 0 Å². The highest BCUT2D eigenvalue weighted by Gasteiger charge is 2.23. The van der Waals surface area contributed by atoms with Crippen LogP contribution in [0.4, 0.5) is 5.69 Å². The fraction of sp³-hybridized carbons (Fsp3) is 0.458. The lowest BCUT2D eigenvalue weighted by molar-refractivity contribution is -0.133. The van der Waals surface area contributed by atoms with Crippen LogP contribution in [0.15, 0.2) is 47.4 Å². The second kappa shape index (κ2) is 10.4. The van der Waals surface area contributed by atoms with E-state index in [1.165, 1.54) is 28.9 Å². The Balaban J connectivity index is 1.50. The molecule has 3 rings (SSSR count). The van der Waals surface area contributed by atoms with Crippen molar-refractivity contribution in [3.05, 3.63) is 53.6 Å². The standard InChI is InChI=1S/C24H33N3O4S/c1-5-19(3)25-32(29,30)22-11-9-21(10-12-22)31-17-24(28)27-15-13-26(14-16-27)23-8-6-7-18(2)20(23)4/h6-12,19,25H,5,13-17H2,1-4H3/t19-/m0/s1. The molecule has 0 saturated carbocycles. The zero-order valence-corrected chi connectivity index (χ0v) is 20.1. The van der Waals surface area contributed by atoms with Gasteiger partial charge in [0.1, 0.15) is 5.75 Å². The lowest BCUT2D eigenvalue weighted by Gasteiger charge is -2.37. The summed E-state index contributed by atoms with van der Waals surface area (Å²) in [6.45, 7) is 10.8. The summed E-state index contributed by atoms with van der Waals surface area (Å²) in [5.74, 6) is 0.399. The Labute approximate surface area is 191 Å². The first-order valence-electron chi connectivity index (χ1n) is 11.1. The van der Waals surface area contributed by atoms with Gasteiger partial charge in [0.15, 0.2) is 6.61 Å². The van der Waals surface area contributed by atoms with Gasteiger partial charge in [0.2, 0.25) is 10.0 Å². The van der Waals surface area contributed by atoms with E-state index in [1.54, 1.807) is 12.1 Å². The Bertz CT molecular complexity index is 1030. The van der Waals surface area contributed by atoms with E-state index in [0.717, 1.165) is 13.1 Å². The summed E-state index contributed by atoms with van der Waals surface area (Å²) in [5.41, 5.74) is 3.77. The lowest BCUT2D eigenvalue weighted by Crippen LogP contribution is -2.50. The minimum atomic E-state index is -3.56. The molecule has 1 saturated heterocycles. The van der Waals surface area contributed by atoms with Crippen LogP contribution in [0, 0.1) is 13.8 Å². The first kappa shape index (κ1) is 24.1. The highest BCUT2D eigenvalue weighted by atomic mass is 32.2. The summed E-state index contributed by atoms with van der Waals surface area (Å²) in [6, 6.07) is 12.3. The van der Waals surface area contributed by atoms with Gasteiger partial charge in [0.05, 0.1) is 4.90 Å². The number of nitrogens with zero attached hydrogens (tertiary/aromatic N) is 2. The Morgan fingerprint density at radius 2 is 1.72 bits per heavy atom. The maximum absolute atomic E-state index is 12.6. The Kier molecular flexibility index (Phi) is 7.79. The van der Waals surface area contributed by atoms with Crippen LogP contribution in [0.1, 0.15) is 31.4 Å². The largest absolute Gasteiger partial charge is 0.484 e. The minimum absolute atomic E-state index is 0.0688. The van der Waals surface area contributed by atoms with E-state index in [2.05, 4.69) is 41.7 Å². The molecular formula is C24H33N3O4S. The molecule has 2 aromatic rings. The third-order valence-electron chi connectivity index (χ3n) is 6.01. The predicted molar refractivity (Wildman–Crippen MR) is 127 cm³/mol. The summed E-state index contributed by atoms with van der Waals surface area (Å²) in [6.07, 6.45) is 0.710. The molecule has 0 bridgehead atoms. The molecule has 2 aromatic carbocycles. The molecule has 0 unspecified atom stereocenters. The molecule has 1 amide bonds. The Morgan fingerprint density at radius 3 is 2.34 bits per heavy atom. The van der Waals surface area contributed by atoms with Crippen LogP contribution < -0.4 is 14.4 Å². The van der Waals surface area contributed by atoms with E-state index >= 15 is 0 Å². The van der Waals surface area contributed by atoms with Crippen LogP contribution in [0.3, 0.4) is 0 Å². The average Bonchev–Trinajstić information content (AvgIpc) is 2.79. The molecular weight excluding hydrogens is 426 g/mol. The van der Waals surface area contributed by atoms with E-state index < -0.39 is 10.0 Å². The quantitative estimate of drug-likeness (QED) is 0.656. The smallest absolute Gasteiger partial charge is 0.260 e. The number of amides is 1. The van der Waals surface area contributed by atoms with E-state index in [1.807, 2.05) is 18.7 Å². The highest BCUT2D eigenvalue weighted by Crippen LogP contribution is 2.24. The summed E-state index contributed by atoms with van der Waals surface area (Å²) in [4.78, 5) is 16.9. The van der Waals surface area contributed by atoms with Gasteiger partial charge in [-0.15, -0.1) is 0 Å². The van der Waals surface area contributed by atoms with E-state index in [4.69, 9.17) is 4.74 Å². The molecule has 0 aromatic heterocycles. The lowest BCUT2D eigenvalue weighted by atomic mass is 10.1. The molecule has 1 heterocycles. The second-order valence-corrected chi connectivity index (χ2v) is 9.99. The van der Waals surface area contributed by atoms with Gasteiger partial charge < -0.3 is 14.5 Å². The number of carbonyl (C=O) groups excluding carboxylic acids is 1. The number of carbonyl (C=O) groups is 1. The highest BCUT2D eigenvalue weighted by molar-refractivity contribution is 7.89. The summed E-state index contributed by atoms with van der Waals surface area (Å²) in [5, 5.41) is 0. The number of ether oxygens (including phenoxy) is 1. The molecule has 0 aliphatic carbocycles. The third kappa shape index (κ3) is 5.81. The van der Waals surface area contributed by atoms with Crippen molar-refractivity contribution in [2.24, 2.45) is 0 Å². The molecule has 7 nitrogen and oxygen atoms in total. The summed E-state index contributed by atoms with van der Waals surface area (Å²) in [7, 11) is -3.56. The molecule has 0 spiro atoms. The number of anilines is 1. The summed E-state index contributed by atoms with van der Waals surface area (Å²) >= 11 is 0. The van der Waals surface area contributed by atoms with E-state index in [0.29, 0.717) is 25.3 Å². The van der Waals surface area contributed by atoms with Crippen LogP contribution in [0.5, 0.6) is 5.75 Å².